The van der Waals surface area contributed by atoms with Crippen LogP contribution in [0.1, 0.15) is 15.9 Å². The fourth-order valence-electron chi connectivity index (χ4n) is 1.74. The highest BCUT2D eigenvalue weighted by Crippen LogP contribution is 2.22. The Morgan fingerprint density at radius 2 is 1.76 bits per heavy atom. The van der Waals surface area contributed by atoms with Gasteiger partial charge in [0.25, 0.3) is 0 Å². The average molecular weight is 286 g/mol. The van der Waals surface area contributed by atoms with Crippen molar-refractivity contribution >= 4 is 11.9 Å². The van der Waals surface area contributed by atoms with Gasteiger partial charge in [0.2, 0.25) is 0 Å². The molecule has 1 N–H and O–H groups in total. The molecule has 0 radical (unpaired) electrons. The van der Waals surface area contributed by atoms with Gasteiger partial charge in [-0.3, -0.25) is 4.79 Å². The number of hydrogen-bond donors (Lipinski definition) is 1. The number of carbonyl (C=O) groups excluding carboxylic acids is 1. The normalized spacial score (nSPS) is 9.95. The highest BCUT2D eigenvalue weighted by molar-refractivity contribution is 5.88. The van der Waals surface area contributed by atoms with Crippen molar-refractivity contribution in [3.8, 4) is 11.5 Å². The Hall–Kier alpha value is -2.82. The van der Waals surface area contributed by atoms with Crippen LogP contribution in [0.3, 0.4) is 0 Å². The van der Waals surface area contributed by atoms with Crippen molar-refractivity contribution in [2.24, 2.45) is 0 Å². The van der Waals surface area contributed by atoms with E-state index in [2.05, 4.69) is 4.74 Å². The van der Waals surface area contributed by atoms with E-state index in [1.165, 1.54) is 19.2 Å². The number of carboxylic acids is 1. The van der Waals surface area contributed by atoms with E-state index in [1.807, 2.05) is 0 Å². The molecule has 0 bridgehead atoms. The van der Waals surface area contributed by atoms with E-state index in [1.54, 1.807) is 36.4 Å². The number of methoxy groups -OCH3 is 1. The number of rotatable bonds is 5. The van der Waals surface area contributed by atoms with Crippen molar-refractivity contribution in [2.75, 3.05) is 7.11 Å². The van der Waals surface area contributed by atoms with Gasteiger partial charge in [0.1, 0.15) is 11.5 Å². The zero-order valence-corrected chi connectivity index (χ0v) is 11.4. The van der Waals surface area contributed by atoms with Gasteiger partial charge in [0.15, 0.2) is 0 Å². The molecule has 0 unspecified atom stereocenters. The van der Waals surface area contributed by atoms with Crippen LogP contribution in [0.4, 0.5) is 0 Å². The molecular formula is C16H14O5. The van der Waals surface area contributed by atoms with Crippen molar-refractivity contribution in [1.82, 2.24) is 0 Å². The lowest BCUT2D eigenvalue weighted by Gasteiger charge is -2.07. The maximum Gasteiger partial charge on any atom is 0.335 e. The van der Waals surface area contributed by atoms with E-state index in [9.17, 15) is 9.59 Å². The molecule has 2 aromatic rings. The zero-order chi connectivity index (χ0) is 15.2. The van der Waals surface area contributed by atoms with Crippen LogP contribution in [0.25, 0.3) is 0 Å². The van der Waals surface area contributed by atoms with Crippen LogP contribution in [-0.2, 0) is 16.0 Å². The first-order valence-electron chi connectivity index (χ1n) is 6.25. The lowest BCUT2D eigenvalue weighted by molar-refractivity contribution is -0.139. The summed E-state index contributed by atoms with van der Waals surface area (Å²) in [5, 5.41) is 8.92. The molecule has 0 saturated carbocycles. The SMILES string of the molecule is COC(=O)Cc1ccc(Oc2cccc(C(=O)O)c2)cc1. The Morgan fingerprint density at radius 1 is 1.05 bits per heavy atom. The molecule has 21 heavy (non-hydrogen) atoms. The van der Waals surface area contributed by atoms with Crippen LogP contribution in [0.5, 0.6) is 11.5 Å². The Labute approximate surface area is 121 Å². The van der Waals surface area contributed by atoms with Crippen molar-refractivity contribution < 1.29 is 24.2 Å². The summed E-state index contributed by atoms with van der Waals surface area (Å²) in [7, 11) is 1.34. The summed E-state index contributed by atoms with van der Waals surface area (Å²) >= 11 is 0. The second kappa shape index (κ2) is 6.56. The lowest BCUT2D eigenvalue weighted by atomic mass is 10.1. The van der Waals surface area contributed by atoms with Gasteiger partial charge < -0.3 is 14.6 Å². The molecule has 2 rings (SSSR count). The molecule has 0 fully saturated rings. The third kappa shape index (κ3) is 4.07. The quantitative estimate of drug-likeness (QED) is 0.855. The molecule has 0 heterocycles. The highest BCUT2D eigenvalue weighted by atomic mass is 16.5. The molecule has 5 heteroatoms. The van der Waals surface area contributed by atoms with Crippen molar-refractivity contribution in [1.29, 1.82) is 0 Å². The number of hydrogen-bond acceptors (Lipinski definition) is 4. The van der Waals surface area contributed by atoms with E-state index in [0.717, 1.165) is 5.56 Å². The van der Waals surface area contributed by atoms with E-state index < -0.39 is 5.97 Å². The summed E-state index contributed by atoms with van der Waals surface area (Å²) in [5.74, 6) is -0.312. The molecule has 0 atom stereocenters. The Morgan fingerprint density at radius 3 is 2.38 bits per heavy atom. The molecule has 0 spiro atoms. The molecular weight excluding hydrogens is 272 g/mol. The Bertz CT molecular complexity index is 646. The first kappa shape index (κ1) is 14.6. The van der Waals surface area contributed by atoms with Gasteiger partial charge in [-0.25, -0.2) is 4.79 Å². The molecule has 2 aromatic carbocycles. The monoisotopic (exact) mass is 286 g/mol. The zero-order valence-electron chi connectivity index (χ0n) is 11.4. The maximum absolute atomic E-state index is 11.1. The smallest absolute Gasteiger partial charge is 0.335 e. The number of ether oxygens (including phenoxy) is 2. The number of esters is 1. The van der Waals surface area contributed by atoms with Gasteiger partial charge >= 0.3 is 11.9 Å². The number of carboxylic acid groups (broad SMARTS) is 1. The summed E-state index contributed by atoms with van der Waals surface area (Å²) in [6.07, 6.45) is 0.200. The third-order valence-corrected chi connectivity index (χ3v) is 2.82. The minimum atomic E-state index is -1.01. The Kier molecular flexibility index (Phi) is 4.56. The van der Waals surface area contributed by atoms with E-state index in [0.29, 0.717) is 11.5 Å². The number of carbonyl (C=O) groups is 2. The van der Waals surface area contributed by atoms with Crippen LogP contribution in [-0.4, -0.2) is 24.2 Å². The van der Waals surface area contributed by atoms with Crippen LogP contribution in [0.2, 0.25) is 0 Å². The standard InChI is InChI=1S/C16H14O5/c1-20-15(17)9-11-5-7-13(8-6-11)21-14-4-2-3-12(10-14)16(18)19/h2-8,10H,9H2,1H3,(H,18,19). The number of benzene rings is 2. The predicted molar refractivity (Wildman–Crippen MR) is 75.6 cm³/mol. The molecule has 5 nitrogen and oxygen atoms in total. The predicted octanol–water partition coefficient (Wildman–Crippen LogP) is 2.89. The number of aromatic carboxylic acids is 1. The van der Waals surface area contributed by atoms with Crippen molar-refractivity contribution in [2.45, 2.75) is 6.42 Å². The van der Waals surface area contributed by atoms with Gasteiger partial charge in [-0.15, -0.1) is 0 Å². The third-order valence-electron chi connectivity index (χ3n) is 2.82. The van der Waals surface area contributed by atoms with Crippen LogP contribution in [0, 0.1) is 0 Å². The van der Waals surface area contributed by atoms with Crippen LogP contribution >= 0.6 is 0 Å². The van der Waals surface area contributed by atoms with Gasteiger partial charge in [-0.2, -0.15) is 0 Å². The molecule has 0 aliphatic carbocycles. The minimum absolute atomic E-state index is 0.162. The van der Waals surface area contributed by atoms with E-state index in [4.69, 9.17) is 9.84 Å². The van der Waals surface area contributed by atoms with Crippen LogP contribution < -0.4 is 4.74 Å². The molecule has 108 valence electrons. The summed E-state index contributed by atoms with van der Waals surface area (Å²) in [6.45, 7) is 0. The second-order valence-corrected chi connectivity index (χ2v) is 4.33. The average Bonchev–Trinajstić information content (AvgIpc) is 2.49. The van der Waals surface area contributed by atoms with Gasteiger partial charge in [-0.1, -0.05) is 18.2 Å². The largest absolute Gasteiger partial charge is 0.478 e. The first-order chi connectivity index (χ1) is 10.1. The van der Waals surface area contributed by atoms with Gasteiger partial charge in [0, 0.05) is 0 Å². The summed E-state index contributed by atoms with van der Waals surface area (Å²) < 4.78 is 10.2. The van der Waals surface area contributed by atoms with E-state index in [-0.39, 0.29) is 18.0 Å². The molecule has 0 aromatic heterocycles. The highest BCUT2D eigenvalue weighted by Gasteiger charge is 2.06. The van der Waals surface area contributed by atoms with Crippen LogP contribution in [0.15, 0.2) is 48.5 Å². The van der Waals surface area contributed by atoms with Gasteiger partial charge in [0.05, 0.1) is 19.1 Å². The summed E-state index contributed by atoms with van der Waals surface area (Å²) in [4.78, 5) is 22.0. The molecule has 0 saturated heterocycles. The van der Waals surface area contributed by atoms with Gasteiger partial charge in [-0.05, 0) is 35.9 Å². The molecule has 0 amide bonds. The lowest BCUT2D eigenvalue weighted by Crippen LogP contribution is -2.04. The first-order valence-corrected chi connectivity index (χ1v) is 6.25. The van der Waals surface area contributed by atoms with E-state index >= 15 is 0 Å². The molecule has 0 aliphatic rings. The fourth-order valence-corrected chi connectivity index (χ4v) is 1.74. The Balaban J connectivity index is 2.08. The minimum Gasteiger partial charge on any atom is -0.478 e. The summed E-state index contributed by atoms with van der Waals surface area (Å²) in [6, 6.07) is 13.2. The topological polar surface area (TPSA) is 72.8 Å². The van der Waals surface area contributed by atoms with Crippen molar-refractivity contribution in [3.63, 3.8) is 0 Å². The summed E-state index contributed by atoms with van der Waals surface area (Å²) in [5.41, 5.74) is 0.975. The fraction of sp³-hybridized carbons (Fsp3) is 0.125. The van der Waals surface area contributed by atoms with Crippen molar-refractivity contribution in [3.05, 3.63) is 59.7 Å². The molecule has 0 aliphatic heterocycles. The maximum atomic E-state index is 11.1. The second-order valence-electron chi connectivity index (χ2n) is 4.33.